The second kappa shape index (κ2) is 6.12. The van der Waals surface area contributed by atoms with Gasteiger partial charge in [-0.1, -0.05) is 13.8 Å². The number of amides is 1. The smallest absolute Gasteiger partial charge is 0.251 e. The van der Waals surface area contributed by atoms with E-state index in [1.807, 2.05) is 37.3 Å². The zero-order valence-electron chi connectivity index (χ0n) is 15.2. The molecule has 1 aliphatic carbocycles. The molecule has 0 saturated carbocycles. The Labute approximate surface area is 152 Å². The van der Waals surface area contributed by atoms with Crippen LogP contribution in [-0.4, -0.2) is 20.7 Å². The normalized spacial score (nSPS) is 18.3. The zero-order valence-corrected chi connectivity index (χ0v) is 15.2. The molecule has 3 aromatic rings. The van der Waals surface area contributed by atoms with Crippen molar-refractivity contribution in [3.05, 3.63) is 65.6 Å². The van der Waals surface area contributed by atoms with Crippen LogP contribution in [-0.2, 0) is 6.42 Å². The molecule has 1 N–H and O–H groups in total. The van der Waals surface area contributed by atoms with Gasteiger partial charge in [0.2, 0.25) is 0 Å². The molecule has 26 heavy (non-hydrogen) atoms. The third kappa shape index (κ3) is 3.14. The van der Waals surface area contributed by atoms with Crippen LogP contribution in [0, 0.1) is 12.3 Å². The quantitative estimate of drug-likeness (QED) is 0.783. The lowest BCUT2D eigenvalue weighted by Crippen LogP contribution is -2.36. The highest BCUT2D eigenvalue weighted by Gasteiger charge is 2.35. The minimum Gasteiger partial charge on any atom is -0.466 e. The second-order valence-corrected chi connectivity index (χ2v) is 7.69. The third-order valence-corrected chi connectivity index (χ3v) is 4.85. The molecule has 0 radical (unpaired) electrons. The van der Waals surface area contributed by atoms with E-state index >= 15 is 0 Å². The van der Waals surface area contributed by atoms with Crippen LogP contribution in [0.25, 0.3) is 5.69 Å². The number of carbonyl (C=O) groups is 1. The lowest BCUT2D eigenvalue weighted by atomic mass is 9.74. The van der Waals surface area contributed by atoms with Gasteiger partial charge in [0.15, 0.2) is 0 Å². The summed E-state index contributed by atoms with van der Waals surface area (Å²) in [5, 5.41) is 7.27. The Balaban J connectivity index is 1.54. The van der Waals surface area contributed by atoms with Crippen molar-refractivity contribution in [2.75, 3.05) is 0 Å². The highest BCUT2D eigenvalue weighted by atomic mass is 16.3. The Bertz CT molecular complexity index is 923. The van der Waals surface area contributed by atoms with E-state index in [0.29, 0.717) is 5.56 Å². The van der Waals surface area contributed by atoms with E-state index in [-0.39, 0.29) is 17.4 Å². The van der Waals surface area contributed by atoms with Gasteiger partial charge in [-0.25, -0.2) is 9.67 Å². The molecule has 6 nitrogen and oxygen atoms in total. The molecule has 1 atom stereocenters. The minimum atomic E-state index is -0.0809. The molecule has 2 aromatic heterocycles. The van der Waals surface area contributed by atoms with Crippen molar-refractivity contribution >= 4 is 5.91 Å². The summed E-state index contributed by atoms with van der Waals surface area (Å²) in [6, 6.07) is 9.35. The van der Waals surface area contributed by atoms with Gasteiger partial charge < -0.3 is 9.73 Å². The number of fused-ring (bicyclic) bond motifs is 1. The summed E-state index contributed by atoms with van der Waals surface area (Å²) < 4.78 is 7.51. The Morgan fingerprint density at radius 2 is 2.08 bits per heavy atom. The van der Waals surface area contributed by atoms with Gasteiger partial charge in [0.25, 0.3) is 5.91 Å². The number of hydrogen-bond donors (Lipinski definition) is 1. The average Bonchev–Trinajstić information content (AvgIpc) is 3.23. The van der Waals surface area contributed by atoms with Gasteiger partial charge in [-0.2, -0.15) is 5.10 Å². The number of aromatic nitrogens is 3. The standard InChI is InChI=1S/C20H22N4O2/c1-13-8-16-17(9-20(2,3)10-18(16)26-13)23-19(25)14-4-6-15(7-5-14)24-12-21-11-22-24/h4-8,11-12,17H,9-10H2,1-3H3,(H,23,25)/t17-/m0/s1. The Kier molecular flexibility index (Phi) is 3.90. The summed E-state index contributed by atoms with van der Waals surface area (Å²) in [6.07, 6.45) is 4.90. The van der Waals surface area contributed by atoms with Crippen LogP contribution in [0.2, 0.25) is 0 Å². The summed E-state index contributed by atoms with van der Waals surface area (Å²) in [5.41, 5.74) is 2.69. The lowest BCUT2D eigenvalue weighted by molar-refractivity contribution is 0.0917. The molecule has 6 heteroatoms. The number of hydrogen-bond acceptors (Lipinski definition) is 4. The minimum absolute atomic E-state index is 0.0336. The molecule has 1 amide bonds. The molecular weight excluding hydrogens is 328 g/mol. The maximum atomic E-state index is 12.8. The van der Waals surface area contributed by atoms with Crippen molar-refractivity contribution in [2.24, 2.45) is 5.41 Å². The summed E-state index contributed by atoms with van der Waals surface area (Å²) in [4.78, 5) is 16.7. The number of carbonyl (C=O) groups excluding carboxylic acids is 1. The van der Waals surface area contributed by atoms with Crippen LogP contribution < -0.4 is 5.32 Å². The number of nitrogens with zero attached hydrogens (tertiary/aromatic N) is 3. The SMILES string of the molecule is Cc1cc2c(o1)CC(C)(C)C[C@@H]2NC(=O)c1ccc(-n2cncn2)cc1. The molecular formula is C20H22N4O2. The first-order valence-corrected chi connectivity index (χ1v) is 8.76. The van der Waals surface area contributed by atoms with E-state index in [1.54, 1.807) is 11.0 Å². The van der Waals surface area contributed by atoms with Crippen molar-refractivity contribution in [3.63, 3.8) is 0 Å². The van der Waals surface area contributed by atoms with E-state index in [9.17, 15) is 4.79 Å². The van der Waals surface area contributed by atoms with E-state index in [0.717, 1.165) is 35.6 Å². The van der Waals surface area contributed by atoms with Gasteiger partial charge in [0.1, 0.15) is 24.2 Å². The maximum Gasteiger partial charge on any atom is 0.251 e. The Morgan fingerprint density at radius 3 is 2.77 bits per heavy atom. The monoisotopic (exact) mass is 350 g/mol. The second-order valence-electron chi connectivity index (χ2n) is 7.69. The van der Waals surface area contributed by atoms with Gasteiger partial charge in [-0.3, -0.25) is 4.79 Å². The van der Waals surface area contributed by atoms with Crippen LogP contribution >= 0.6 is 0 Å². The molecule has 0 fully saturated rings. The molecule has 0 bridgehead atoms. The molecule has 0 aliphatic heterocycles. The number of aryl methyl sites for hydroxylation is 1. The van der Waals surface area contributed by atoms with E-state index in [2.05, 4.69) is 29.2 Å². The first-order valence-electron chi connectivity index (χ1n) is 8.76. The first kappa shape index (κ1) is 16.6. The molecule has 134 valence electrons. The number of furan rings is 1. The molecule has 1 aliphatic rings. The molecule has 0 unspecified atom stereocenters. The van der Waals surface area contributed by atoms with Crippen LogP contribution in [0.3, 0.4) is 0 Å². The van der Waals surface area contributed by atoms with Gasteiger partial charge >= 0.3 is 0 Å². The van der Waals surface area contributed by atoms with E-state index < -0.39 is 0 Å². The molecule has 0 saturated heterocycles. The summed E-state index contributed by atoms with van der Waals surface area (Å²) in [5.74, 6) is 1.80. The lowest BCUT2D eigenvalue weighted by Gasteiger charge is -2.34. The van der Waals surface area contributed by atoms with Gasteiger partial charge in [0.05, 0.1) is 11.7 Å². The highest BCUT2D eigenvalue weighted by molar-refractivity contribution is 5.94. The predicted molar refractivity (Wildman–Crippen MR) is 97.1 cm³/mol. The topological polar surface area (TPSA) is 73.0 Å². The summed E-state index contributed by atoms with van der Waals surface area (Å²) in [6.45, 7) is 6.37. The fourth-order valence-corrected chi connectivity index (χ4v) is 3.66. The van der Waals surface area contributed by atoms with Gasteiger partial charge in [0, 0.05) is 17.5 Å². The fourth-order valence-electron chi connectivity index (χ4n) is 3.66. The molecule has 1 aromatic carbocycles. The summed E-state index contributed by atoms with van der Waals surface area (Å²) >= 11 is 0. The Morgan fingerprint density at radius 1 is 1.31 bits per heavy atom. The zero-order chi connectivity index (χ0) is 18.3. The maximum absolute atomic E-state index is 12.8. The van der Waals surface area contributed by atoms with Gasteiger partial charge in [-0.15, -0.1) is 0 Å². The average molecular weight is 350 g/mol. The largest absolute Gasteiger partial charge is 0.466 e. The number of benzene rings is 1. The summed E-state index contributed by atoms with van der Waals surface area (Å²) in [7, 11) is 0. The fraction of sp³-hybridized carbons (Fsp3) is 0.350. The predicted octanol–water partition coefficient (Wildman–Crippen LogP) is 3.61. The van der Waals surface area contributed by atoms with E-state index in [4.69, 9.17) is 4.42 Å². The van der Waals surface area contributed by atoms with Crippen LogP contribution in [0.1, 0.15) is 53.8 Å². The number of rotatable bonds is 3. The van der Waals surface area contributed by atoms with Crippen LogP contribution in [0.4, 0.5) is 0 Å². The highest BCUT2D eigenvalue weighted by Crippen LogP contribution is 2.42. The van der Waals surface area contributed by atoms with Crippen molar-refractivity contribution in [1.29, 1.82) is 0 Å². The number of nitrogens with one attached hydrogen (secondary N) is 1. The molecule has 0 spiro atoms. The van der Waals surface area contributed by atoms with Crippen molar-refractivity contribution in [3.8, 4) is 5.69 Å². The molecule has 4 rings (SSSR count). The van der Waals surface area contributed by atoms with E-state index in [1.165, 1.54) is 6.33 Å². The van der Waals surface area contributed by atoms with Crippen molar-refractivity contribution < 1.29 is 9.21 Å². The Hall–Kier alpha value is -2.89. The van der Waals surface area contributed by atoms with Crippen molar-refractivity contribution in [1.82, 2.24) is 20.1 Å². The van der Waals surface area contributed by atoms with Crippen LogP contribution in [0.5, 0.6) is 0 Å². The first-order chi connectivity index (χ1) is 12.4. The van der Waals surface area contributed by atoms with Gasteiger partial charge in [-0.05, 0) is 49.1 Å². The van der Waals surface area contributed by atoms with Crippen LogP contribution in [0.15, 0.2) is 47.4 Å². The molecule has 2 heterocycles. The van der Waals surface area contributed by atoms with Crippen molar-refractivity contribution in [2.45, 2.75) is 39.7 Å². The third-order valence-electron chi connectivity index (χ3n) is 4.85.